The van der Waals surface area contributed by atoms with Crippen molar-refractivity contribution >= 4 is 17.5 Å². The normalized spacial score (nSPS) is 20.5. The van der Waals surface area contributed by atoms with Gasteiger partial charge in [-0.1, -0.05) is 33.6 Å². The van der Waals surface area contributed by atoms with E-state index in [4.69, 9.17) is 30.5 Å². The van der Waals surface area contributed by atoms with Crippen LogP contribution in [0.2, 0.25) is 0 Å². The summed E-state index contributed by atoms with van der Waals surface area (Å²) in [5.74, 6) is -0.249. The van der Waals surface area contributed by atoms with Crippen molar-refractivity contribution < 1.29 is 23.7 Å². The molecule has 1 saturated heterocycles. The average Bonchev–Trinajstić information content (AvgIpc) is 2.67. The zero-order valence-electron chi connectivity index (χ0n) is 16.6. The Hall–Kier alpha value is -0.400. The molecule has 26 heavy (non-hydrogen) atoms. The Bertz CT molecular complexity index is 362. The van der Waals surface area contributed by atoms with E-state index in [1.807, 2.05) is 0 Å². The second-order valence-corrected chi connectivity index (χ2v) is 6.83. The number of hydrogen-bond acceptors (Lipinski definition) is 5. The van der Waals surface area contributed by atoms with Crippen molar-refractivity contribution in [2.24, 2.45) is 0 Å². The maximum Gasteiger partial charge on any atom is 0.237 e. The number of carbonyl (C=O) groups is 1. The molecule has 0 aliphatic carbocycles. The number of unbranched alkanes of at least 4 members (excludes halogenated alkanes) is 2. The Morgan fingerprint density at radius 1 is 1.19 bits per heavy atom. The van der Waals surface area contributed by atoms with Crippen LogP contribution in [0, 0.1) is 0 Å². The quantitative estimate of drug-likeness (QED) is 0.256. The molecule has 1 fully saturated rings. The van der Waals surface area contributed by atoms with Gasteiger partial charge in [0.2, 0.25) is 5.91 Å². The summed E-state index contributed by atoms with van der Waals surface area (Å²) in [7, 11) is 0. The molecule has 0 radical (unpaired) electrons. The minimum absolute atomic E-state index is 0.0828. The average molecular weight is 394 g/mol. The van der Waals surface area contributed by atoms with E-state index < -0.39 is 12.6 Å². The molecule has 1 heterocycles. The second kappa shape index (κ2) is 14.6. The summed E-state index contributed by atoms with van der Waals surface area (Å²) in [5.41, 5.74) is 0. The minimum atomic E-state index is -0.453. The molecule has 1 amide bonds. The van der Waals surface area contributed by atoms with Crippen LogP contribution in [0.4, 0.5) is 0 Å². The Balaban J connectivity index is 2.62. The highest BCUT2D eigenvalue weighted by Crippen LogP contribution is 2.17. The predicted molar refractivity (Wildman–Crippen MR) is 102 cm³/mol. The van der Waals surface area contributed by atoms with Gasteiger partial charge in [-0.3, -0.25) is 4.79 Å². The molecule has 0 bridgehead atoms. The fraction of sp³-hybridized carbons (Fsp3) is 0.947. The number of alkyl halides is 1. The van der Waals surface area contributed by atoms with Crippen molar-refractivity contribution in [3.05, 3.63) is 0 Å². The van der Waals surface area contributed by atoms with Gasteiger partial charge in [-0.25, -0.2) is 0 Å². The van der Waals surface area contributed by atoms with E-state index in [9.17, 15) is 4.79 Å². The van der Waals surface area contributed by atoms with Crippen molar-refractivity contribution in [1.82, 2.24) is 4.90 Å². The van der Waals surface area contributed by atoms with Crippen molar-refractivity contribution in [3.8, 4) is 0 Å². The highest BCUT2D eigenvalue weighted by molar-refractivity contribution is 6.27. The van der Waals surface area contributed by atoms with E-state index in [-0.39, 0.29) is 17.9 Å². The van der Waals surface area contributed by atoms with Gasteiger partial charge < -0.3 is 23.8 Å². The first-order valence-electron chi connectivity index (χ1n) is 9.98. The Labute approximate surface area is 163 Å². The number of ether oxygens (including phenoxy) is 4. The number of carbonyl (C=O) groups excluding carboxylic acids is 1. The lowest BCUT2D eigenvalue weighted by molar-refractivity contribution is -0.224. The molecule has 6 nitrogen and oxygen atoms in total. The summed E-state index contributed by atoms with van der Waals surface area (Å²) < 4.78 is 23.3. The number of halogens is 1. The van der Waals surface area contributed by atoms with Crippen LogP contribution in [0.5, 0.6) is 0 Å². The first-order valence-corrected chi connectivity index (χ1v) is 10.5. The molecule has 7 heteroatoms. The third-order valence-corrected chi connectivity index (χ3v) is 4.58. The Kier molecular flexibility index (Phi) is 13.3. The van der Waals surface area contributed by atoms with Gasteiger partial charge in [0.15, 0.2) is 12.6 Å². The molecule has 0 aromatic rings. The molecule has 0 spiro atoms. The van der Waals surface area contributed by atoms with E-state index in [1.165, 1.54) is 0 Å². The summed E-state index contributed by atoms with van der Waals surface area (Å²) in [5, 5.41) is 0. The van der Waals surface area contributed by atoms with Gasteiger partial charge in [0.05, 0.1) is 25.8 Å². The maximum absolute atomic E-state index is 12.3. The topological polar surface area (TPSA) is 57.2 Å². The number of hydrogen-bond donors (Lipinski definition) is 0. The summed E-state index contributed by atoms with van der Waals surface area (Å²) in [6.45, 7) is 8.87. The predicted octanol–water partition coefficient (Wildman–Crippen LogP) is 3.55. The maximum atomic E-state index is 12.3. The van der Waals surface area contributed by atoms with Gasteiger partial charge in [0, 0.05) is 13.2 Å². The third kappa shape index (κ3) is 9.51. The molecule has 0 saturated carbocycles. The Morgan fingerprint density at radius 3 is 2.38 bits per heavy atom. The van der Waals surface area contributed by atoms with Crippen LogP contribution in [-0.4, -0.2) is 68.3 Å². The highest BCUT2D eigenvalue weighted by Gasteiger charge is 2.27. The molecular formula is C19H36ClNO5. The van der Waals surface area contributed by atoms with Crippen LogP contribution in [0.15, 0.2) is 0 Å². The number of amides is 1. The SMILES string of the molecule is CCCCOC(CN(CC1OCCC(CC)O1)C(=O)CCl)OCCCC. The fourth-order valence-corrected chi connectivity index (χ4v) is 2.81. The van der Waals surface area contributed by atoms with E-state index in [0.717, 1.165) is 38.5 Å². The van der Waals surface area contributed by atoms with Crippen LogP contribution in [0.25, 0.3) is 0 Å². The second-order valence-electron chi connectivity index (χ2n) is 6.57. The lowest BCUT2D eigenvalue weighted by Gasteiger charge is -2.34. The van der Waals surface area contributed by atoms with Gasteiger partial charge in [0.1, 0.15) is 5.88 Å². The monoisotopic (exact) mass is 393 g/mol. The van der Waals surface area contributed by atoms with E-state index >= 15 is 0 Å². The molecule has 0 N–H and O–H groups in total. The minimum Gasteiger partial charge on any atom is -0.351 e. The Morgan fingerprint density at radius 2 is 1.85 bits per heavy atom. The lowest BCUT2D eigenvalue weighted by atomic mass is 10.2. The zero-order valence-corrected chi connectivity index (χ0v) is 17.3. The molecule has 2 unspecified atom stereocenters. The smallest absolute Gasteiger partial charge is 0.237 e. The first kappa shape index (κ1) is 23.6. The molecule has 154 valence electrons. The number of rotatable bonds is 14. The zero-order chi connectivity index (χ0) is 19.2. The van der Waals surface area contributed by atoms with E-state index in [2.05, 4.69) is 20.8 Å². The van der Waals surface area contributed by atoms with Crippen LogP contribution >= 0.6 is 11.6 Å². The van der Waals surface area contributed by atoms with Crippen LogP contribution in [0.3, 0.4) is 0 Å². The van der Waals surface area contributed by atoms with Gasteiger partial charge >= 0.3 is 0 Å². The summed E-state index contributed by atoms with van der Waals surface area (Å²) in [6.07, 6.45) is 5.15. The summed E-state index contributed by atoms with van der Waals surface area (Å²) in [4.78, 5) is 13.9. The lowest BCUT2D eigenvalue weighted by Crippen LogP contribution is -2.47. The summed E-state index contributed by atoms with van der Waals surface area (Å²) in [6, 6.07) is 0. The highest BCUT2D eigenvalue weighted by atomic mass is 35.5. The van der Waals surface area contributed by atoms with E-state index in [0.29, 0.717) is 32.9 Å². The largest absolute Gasteiger partial charge is 0.351 e. The van der Waals surface area contributed by atoms with Gasteiger partial charge in [0.25, 0.3) is 0 Å². The molecule has 1 aliphatic heterocycles. The van der Waals surface area contributed by atoms with Gasteiger partial charge in [-0.05, 0) is 25.7 Å². The summed E-state index contributed by atoms with van der Waals surface area (Å²) >= 11 is 5.80. The standard InChI is InChI=1S/C19H36ClNO5/c1-4-7-10-23-18(24-11-8-5-2)14-21(17(22)13-20)15-19-25-12-9-16(6-3)26-19/h16,18-19H,4-15H2,1-3H3. The molecule has 1 aliphatic rings. The van der Waals surface area contributed by atoms with Crippen LogP contribution in [-0.2, 0) is 23.7 Å². The molecular weight excluding hydrogens is 358 g/mol. The number of nitrogens with zero attached hydrogens (tertiary/aromatic N) is 1. The fourth-order valence-electron chi connectivity index (χ4n) is 2.64. The van der Waals surface area contributed by atoms with Crippen molar-refractivity contribution in [1.29, 1.82) is 0 Å². The molecule has 1 rings (SSSR count). The van der Waals surface area contributed by atoms with Crippen LogP contribution in [0.1, 0.15) is 59.3 Å². The first-order chi connectivity index (χ1) is 12.6. The van der Waals surface area contributed by atoms with Gasteiger partial charge in [-0.2, -0.15) is 0 Å². The third-order valence-electron chi connectivity index (χ3n) is 4.35. The van der Waals surface area contributed by atoms with E-state index in [1.54, 1.807) is 4.90 Å². The molecule has 0 aromatic heterocycles. The van der Waals surface area contributed by atoms with Crippen molar-refractivity contribution in [2.45, 2.75) is 78.0 Å². The van der Waals surface area contributed by atoms with Crippen molar-refractivity contribution in [3.63, 3.8) is 0 Å². The van der Waals surface area contributed by atoms with Crippen molar-refractivity contribution in [2.75, 3.05) is 38.8 Å². The molecule has 0 aromatic carbocycles. The van der Waals surface area contributed by atoms with Gasteiger partial charge in [-0.15, -0.1) is 11.6 Å². The van der Waals surface area contributed by atoms with Crippen LogP contribution < -0.4 is 0 Å². The molecule has 2 atom stereocenters.